The standard InChI is InChI=1S/C15H17N5O2/c1-2-20-5-4-17-14(20)13-12(3-6-22-13)19-15(21)10-7-11(8-16)18-9-10/h4-5,7,9,12-13,18H,2-3,6H2,1H3,(H,19,21)/t12-,13-/m0/s1. The van der Waals surface area contributed by atoms with Gasteiger partial charge in [0.15, 0.2) is 0 Å². The third-order valence-corrected chi connectivity index (χ3v) is 3.82. The van der Waals surface area contributed by atoms with Crippen molar-refractivity contribution in [3.05, 3.63) is 41.7 Å². The molecule has 0 spiro atoms. The van der Waals surface area contributed by atoms with Crippen molar-refractivity contribution in [2.75, 3.05) is 6.61 Å². The average Bonchev–Trinajstić information content (AvgIpc) is 3.26. The topological polar surface area (TPSA) is 95.7 Å². The zero-order chi connectivity index (χ0) is 15.5. The van der Waals surface area contributed by atoms with Gasteiger partial charge in [0.1, 0.15) is 23.7 Å². The molecule has 0 saturated carbocycles. The van der Waals surface area contributed by atoms with Crippen LogP contribution in [0.3, 0.4) is 0 Å². The fourth-order valence-electron chi connectivity index (χ4n) is 2.68. The van der Waals surface area contributed by atoms with Crippen molar-refractivity contribution in [1.82, 2.24) is 19.9 Å². The van der Waals surface area contributed by atoms with Crippen molar-refractivity contribution in [3.63, 3.8) is 0 Å². The quantitative estimate of drug-likeness (QED) is 0.891. The van der Waals surface area contributed by atoms with Crippen molar-refractivity contribution in [2.24, 2.45) is 0 Å². The number of nitriles is 1. The molecule has 0 aromatic carbocycles. The van der Waals surface area contributed by atoms with Gasteiger partial charge >= 0.3 is 0 Å². The number of aromatic amines is 1. The number of H-pyrrole nitrogens is 1. The van der Waals surface area contributed by atoms with E-state index in [2.05, 4.69) is 15.3 Å². The minimum Gasteiger partial charge on any atom is -0.368 e. The monoisotopic (exact) mass is 299 g/mol. The van der Waals surface area contributed by atoms with Gasteiger partial charge < -0.3 is 19.6 Å². The number of imidazole rings is 1. The van der Waals surface area contributed by atoms with Crippen molar-refractivity contribution in [1.29, 1.82) is 5.26 Å². The van der Waals surface area contributed by atoms with Gasteiger partial charge in [0.2, 0.25) is 0 Å². The van der Waals surface area contributed by atoms with Crippen molar-refractivity contribution < 1.29 is 9.53 Å². The molecule has 7 heteroatoms. The molecule has 0 aliphatic carbocycles. The summed E-state index contributed by atoms with van der Waals surface area (Å²) >= 11 is 0. The number of carbonyl (C=O) groups is 1. The van der Waals surface area contributed by atoms with Crippen LogP contribution in [-0.4, -0.2) is 33.1 Å². The summed E-state index contributed by atoms with van der Waals surface area (Å²) in [5.41, 5.74) is 0.812. The predicted octanol–water partition coefficient (Wildman–Crippen LogP) is 1.36. The summed E-state index contributed by atoms with van der Waals surface area (Å²) in [7, 11) is 0. The van der Waals surface area contributed by atoms with E-state index in [1.165, 1.54) is 12.3 Å². The number of aromatic nitrogens is 3. The fourth-order valence-corrected chi connectivity index (χ4v) is 2.68. The molecule has 0 radical (unpaired) electrons. The molecule has 0 unspecified atom stereocenters. The SMILES string of the molecule is CCn1ccnc1[C@H]1OCC[C@@H]1NC(=O)c1c[nH]c(C#N)c1. The van der Waals surface area contributed by atoms with E-state index in [1.807, 2.05) is 23.8 Å². The van der Waals surface area contributed by atoms with E-state index >= 15 is 0 Å². The van der Waals surface area contributed by atoms with Crippen LogP contribution in [0, 0.1) is 11.3 Å². The van der Waals surface area contributed by atoms with Crippen LogP contribution in [0.4, 0.5) is 0 Å². The Morgan fingerprint density at radius 1 is 1.68 bits per heavy atom. The second-order valence-electron chi connectivity index (χ2n) is 5.15. The lowest BCUT2D eigenvalue weighted by Crippen LogP contribution is -2.37. The summed E-state index contributed by atoms with van der Waals surface area (Å²) in [5.74, 6) is 0.616. The Morgan fingerprint density at radius 2 is 2.55 bits per heavy atom. The van der Waals surface area contributed by atoms with Gasteiger partial charge in [0.05, 0.1) is 11.6 Å². The van der Waals surface area contributed by atoms with E-state index in [1.54, 1.807) is 6.20 Å². The Hall–Kier alpha value is -2.59. The molecular formula is C15H17N5O2. The summed E-state index contributed by atoms with van der Waals surface area (Å²) in [4.78, 5) is 19.4. The molecule has 1 aliphatic heterocycles. The molecule has 1 fully saturated rings. The lowest BCUT2D eigenvalue weighted by molar-refractivity contribution is 0.0775. The largest absolute Gasteiger partial charge is 0.368 e. The maximum atomic E-state index is 12.3. The zero-order valence-electron chi connectivity index (χ0n) is 12.2. The number of aryl methyl sites for hydroxylation is 1. The Bertz CT molecular complexity index is 712. The molecule has 114 valence electrons. The van der Waals surface area contributed by atoms with E-state index in [-0.39, 0.29) is 18.1 Å². The minimum atomic E-state index is -0.242. The molecule has 2 aromatic rings. The first-order valence-electron chi connectivity index (χ1n) is 7.25. The van der Waals surface area contributed by atoms with Gasteiger partial charge in [-0.2, -0.15) is 5.26 Å². The lowest BCUT2D eigenvalue weighted by Gasteiger charge is -2.20. The maximum Gasteiger partial charge on any atom is 0.253 e. The van der Waals surface area contributed by atoms with Crippen LogP contribution in [0.5, 0.6) is 0 Å². The van der Waals surface area contributed by atoms with E-state index in [9.17, 15) is 4.79 Å². The molecule has 1 saturated heterocycles. The van der Waals surface area contributed by atoms with E-state index in [0.717, 1.165) is 18.8 Å². The number of rotatable bonds is 4. The number of carbonyl (C=O) groups excluding carboxylic acids is 1. The predicted molar refractivity (Wildman–Crippen MR) is 78.0 cm³/mol. The van der Waals surface area contributed by atoms with Crippen molar-refractivity contribution >= 4 is 5.91 Å². The highest BCUT2D eigenvalue weighted by Gasteiger charge is 2.34. The van der Waals surface area contributed by atoms with Gasteiger partial charge in [-0.25, -0.2) is 4.98 Å². The van der Waals surface area contributed by atoms with Gasteiger partial charge in [-0.1, -0.05) is 0 Å². The summed E-state index contributed by atoms with van der Waals surface area (Å²) < 4.78 is 7.77. The summed E-state index contributed by atoms with van der Waals surface area (Å²) in [6.45, 7) is 3.43. The third kappa shape index (κ3) is 2.61. The highest BCUT2D eigenvalue weighted by Crippen LogP contribution is 2.28. The van der Waals surface area contributed by atoms with Gasteiger partial charge in [-0.3, -0.25) is 4.79 Å². The Labute approximate surface area is 127 Å². The van der Waals surface area contributed by atoms with Crippen LogP contribution in [0.2, 0.25) is 0 Å². The number of ether oxygens (including phenoxy) is 1. The number of amides is 1. The molecular weight excluding hydrogens is 282 g/mol. The fraction of sp³-hybridized carbons (Fsp3) is 0.400. The minimum absolute atomic E-state index is 0.124. The van der Waals surface area contributed by atoms with Crippen LogP contribution in [0.25, 0.3) is 0 Å². The first kappa shape index (κ1) is 14.4. The van der Waals surface area contributed by atoms with Crippen LogP contribution >= 0.6 is 0 Å². The summed E-state index contributed by atoms with van der Waals surface area (Å²) in [6, 6.07) is 3.38. The lowest BCUT2D eigenvalue weighted by atomic mass is 10.1. The number of nitrogens with one attached hydrogen (secondary N) is 2. The Morgan fingerprint density at radius 3 is 3.27 bits per heavy atom. The van der Waals surface area contributed by atoms with Gasteiger partial charge in [0.25, 0.3) is 5.91 Å². The van der Waals surface area contributed by atoms with Crippen LogP contribution in [0.1, 0.15) is 41.3 Å². The Balaban J connectivity index is 1.74. The smallest absolute Gasteiger partial charge is 0.253 e. The molecule has 1 aliphatic rings. The number of nitrogens with zero attached hydrogens (tertiary/aromatic N) is 3. The van der Waals surface area contributed by atoms with E-state index in [4.69, 9.17) is 10.00 Å². The summed E-state index contributed by atoms with van der Waals surface area (Å²) in [5, 5.41) is 11.8. The molecule has 7 nitrogen and oxygen atoms in total. The second kappa shape index (κ2) is 6.03. The normalized spacial score (nSPS) is 20.7. The van der Waals surface area contributed by atoms with Crippen LogP contribution < -0.4 is 5.32 Å². The molecule has 2 atom stereocenters. The molecule has 1 amide bonds. The molecule has 2 aromatic heterocycles. The van der Waals surface area contributed by atoms with Gasteiger partial charge in [0, 0.05) is 31.7 Å². The number of hydrogen-bond donors (Lipinski definition) is 2. The molecule has 2 N–H and O–H groups in total. The maximum absolute atomic E-state index is 12.3. The average molecular weight is 299 g/mol. The third-order valence-electron chi connectivity index (χ3n) is 3.82. The highest BCUT2D eigenvalue weighted by atomic mass is 16.5. The van der Waals surface area contributed by atoms with Crippen molar-refractivity contribution in [3.8, 4) is 6.07 Å². The van der Waals surface area contributed by atoms with Crippen LogP contribution in [0.15, 0.2) is 24.7 Å². The van der Waals surface area contributed by atoms with Gasteiger partial charge in [-0.15, -0.1) is 0 Å². The molecule has 3 rings (SSSR count). The first-order valence-corrected chi connectivity index (χ1v) is 7.25. The first-order chi connectivity index (χ1) is 10.7. The highest BCUT2D eigenvalue weighted by molar-refractivity contribution is 5.94. The molecule has 0 bridgehead atoms. The molecule has 22 heavy (non-hydrogen) atoms. The Kier molecular flexibility index (Phi) is 3.94. The van der Waals surface area contributed by atoms with Gasteiger partial charge in [-0.05, 0) is 19.4 Å². The van der Waals surface area contributed by atoms with Crippen LogP contribution in [-0.2, 0) is 11.3 Å². The van der Waals surface area contributed by atoms with E-state index in [0.29, 0.717) is 17.9 Å². The van der Waals surface area contributed by atoms with Crippen molar-refractivity contribution in [2.45, 2.75) is 32.0 Å². The van der Waals surface area contributed by atoms with E-state index < -0.39 is 0 Å². The zero-order valence-corrected chi connectivity index (χ0v) is 12.2. The summed E-state index contributed by atoms with van der Waals surface area (Å²) in [6.07, 6.45) is 5.67. The second-order valence-corrected chi connectivity index (χ2v) is 5.15. The molecule has 3 heterocycles. The number of hydrogen-bond acceptors (Lipinski definition) is 4.